The number of anilines is 1. The molecule has 0 bridgehead atoms. The number of aryl methyl sites for hydroxylation is 1. The Morgan fingerprint density at radius 1 is 1.16 bits per heavy atom. The van der Waals surface area contributed by atoms with Gasteiger partial charge in [0.05, 0.1) is 0 Å². The van der Waals surface area contributed by atoms with Crippen LogP contribution in [0, 0.1) is 18.8 Å². The van der Waals surface area contributed by atoms with Crippen molar-refractivity contribution in [3.05, 3.63) is 56.5 Å². The summed E-state index contributed by atoms with van der Waals surface area (Å²) in [5.74, 6) is 5.75. The Labute approximate surface area is 177 Å². The van der Waals surface area contributed by atoms with E-state index in [0.717, 1.165) is 31.2 Å². The lowest BCUT2D eigenvalue weighted by molar-refractivity contribution is 0.176. The van der Waals surface area contributed by atoms with E-state index in [0.29, 0.717) is 16.9 Å². The molecule has 0 aliphatic heterocycles. The molecule has 9 nitrogen and oxygen atoms in total. The van der Waals surface area contributed by atoms with Crippen LogP contribution in [0.2, 0.25) is 0 Å². The number of ether oxygens (including phenoxy) is 1. The van der Waals surface area contributed by atoms with Crippen molar-refractivity contribution in [2.75, 3.05) is 11.9 Å². The number of imidazole rings is 1. The van der Waals surface area contributed by atoms with E-state index < -0.39 is 6.09 Å². The van der Waals surface area contributed by atoms with Gasteiger partial charge in [0.1, 0.15) is 0 Å². The summed E-state index contributed by atoms with van der Waals surface area (Å²) in [6, 6.07) is 7.39. The van der Waals surface area contributed by atoms with E-state index in [1.807, 2.05) is 19.1 Å². The number of carbonyl (C=O) groups is 1. The molecule has 3 aromatic rings. The minimum absolute atomic E-state index is 0.0207. The summed E-state index contributed by atoms with van der Waals surface area (Å²) in [7, 11) is 0. The first-order valence-electron chi connectivity index (χ1n) is 10.3. The second-order valence-electron chi connectivity index (χ2n) is 7.94. The highest BCUT2D eigenvalue weighted by Crippen LogP contribution is 2.36. The monoisotopic (exact) mass is 419 g/mol. The second-order valence-corrected chi connectivity index (χ2v) is 7.94. The van der Waals surface area contributed by atoms with Crippen LogP contribution in [0.1, 0.15) is 49.2 Å². The van der Waals surface area contributed by atoms with Gasteiger partial charge in [-0.3, -0.25) is 19.2 Å². The van der Waals surface area contributed by atoms with Gasteiger partial charge in [0.15, 0.2) is 23.6 Å². The van der Waals surface area contributed by atoms with Crippen LogP contribution >= 0.6 is 0 Å². The number of benzene rings is 1. The third kappa shape index (κ3) is 3.84. The standard InChI is InChI=1S/C22H21N5O4/c1-13-4-6-14(7-5-13)23-21(29)31-12-2-3-17-24-18-19(25-17)26(15-8-9-15)22(30)27(20(18)28)16-10-11-16/h4-7,15-16H,8-12H2,1H3,(H,23,29)(H,24,25). The lowest BCUT2D eigenvalue weighted by Crippen LogP contribution is -2.39. The molecule has 158 valence electrons. The average molecular weight is 419 g/mol. The van der Waals surface area contributed by atoms with Crippen molar-refractivity contribution < 1.29 is 9.53 Å². The molecule has 0 atom stereocenters. The molecule has 5 rings (SSSR count). The number of nitrogens with one attached hydrogen (secondary N) is 2. The predicted molar refractivity (Wildman–Crippen MR) is 114 cm³/mol. The Balaban J connectivity index is 1.33. The highest BCUT2D eigenvalue weighted by molar-refractivity contribution is 5.84. The molecule has 1 aromatic carbocycles. The van der Waals surface area contributed by atoms with Crippen molar-refractivity contribution in [2.24, 2.45) is 0 Å². The first-order chi connectivity index (χ1) is 15.0. The van der Waals surface area contributed by atoms with E-state index in [4.69, 9.17) is 4.74 Å². The van der Waals surface area contributed by atoms with Gasteiger partial charge in [-0.15, -0.1) is 0 Å². The Kier molecular flexibility index (Phi) is 4.62. The van der Waals surface area contributed by atoms with Crippen molar-refractivity contribution in [3.8, 4) is 11.8 Å². The largest absolute Gasteiger partial charge is 0.436 e. The Morgan fingerprint density at radius 2 is 1.84 bits per heavy atom. The summed E-state index contributed by atoms with van der Waals surface area (Å²) in [5, 5.41) is 2.62. The zero-order valence-electron chi connectivity index (χ0n) is 17.0. The second kappa shape index (κ2) is 7.47. The van der Waals surface area contributed by atoms with Gasteiger partial charge in [-0.2, -0.15) is 0 Å². The minimum Gasteiger partial charge on any atom is -0.436 e. The van der Waals surface area contributed by atoms with E-state index in [2.05, 4.69) is 27.1 Å². The van der Waals surface area contributed by atoms with Gasteiger partial charge in [-0.25, -0.2) is 14.6 Å². The fourth-order valence-electron chi connectivity index (χ4n) is 3.49. The zero-order valence-corrected chi connectivity index (χ0v) is 17.0. The zero-order chi connectivity index (χ0) is 21.5. The summed E-state index contributed by atoms with van der Waals surface area (Å²) in [6.07, 6.45) is 2.87. The van der Waals surface area contributed by atoms with Gasteiger partial charge >= 0.3 is 11.8 Å². The Morgan fingerprint density at radius 3 is 2.52 bits per heavy atom. The fraction of sp³-hybridized carbons (Fsp3) is 0.364. The molecular formula is C22H21N5O4. The van der Waals surface area contributed by atoms with E-state index in [-0.39, 0.29) is 35.8 Å². The Bertz CT molecular complexity index is 1350. The number of hydrogen-bond donors (Lipinski definition) is 2. The third-order valence-corrected chi connectivity index (χ3v) is 5.36. The van der Waals surface area contributed by atoms with Crippen LogP contribution in [0.15, 0.2) is 33.9 Å². The van der Waals surface area contributed by atoms with E-state index >= 15 is 0 Å². The summed E-state index contributed by atoms with van der Waals surface area (Å²) in [6.45, 7) is 1.82. The maximum absolute atomic E-state index is 12.9. The van der Waals surface area contributed by atoms with Crippen LogP contribution in [-0.4, -0.2) is 31.8 Å². The number of fused-ring (bicyclic) bond motifs is 1. The van der Waals surface area contributed by atoms with Crippen molar-refractivity contribution in [1.29, 1.82) is 0 Å². The molecule has 9 heteroatoms. The van der Waals surface area contributed by atoms with Gasteiger partial charge in [0, 0.05) is 17.8 Å². The predicted octanol–water partition coefficient (Wildman–Crippen LogP) is 2.46. The topological polar surface area (TPSA) is 111 Å². The first kappa shape index (κ1) is 19.2. The lowest BCUT2D eigenvalue weighted by Gasteiger charge is -2.09. The average Bonchev–Trinajstić information content (AvgIpc) is 3.67. The summed E-state index contributed by atoms with van der Waals surface area (Å²) < 4.78 is 8.01. The molecule has 0 spiro atoms. The maximum Gasteiger partial charge on any atom is 0.412 e. The van der Waals surface area contributed by atoms with Gasteiger partial charge in [0.25, 0.3) is 5.56 Å². The van der Waals surface area contributed by atoms with E-state index in [9.17, 15) is 14.4 Å². The quantitative estimate of drug-likeness (QED) is 0.631. The molecule has 0 unspecified atom stereocenters. The molecule has 2 aliphatic carbocycles. The molecular weight excluding hydrogens is 398 g/mol. The molecule has 0 radical (unpaired) electrons. The SMILES string of the molecule is Cc1ccc(NC(=O)OCC#Cc2nc3c([nH]2)c(=O)n(C2CC2)c(=O)n3C2CC2)cc1. The number of H-pyrrole nitrogens is 1. The molecule has 2 N–H and O–H groups in total. The number of nitrogens with zero attached hydrogens (tertiary/aromatic N) is 3. The number of hydrogen-bond acceptors (Lipinski definition) is 5. The summed E-state index contributed by atoms with van der Waals surface area (Å²) in [5.41, 5.74) is 1.72. The molecule has 2 heterocycles. The van der Waals surface area contributed by atoms with Crippen LogP contribution < -0.4 is 16.6 Å². The van der Waals surface area contributed by atoms with Crippen molar-refractivity contribution in [2.45, 2.75) is 44.7 Å². The smallest absolute Gasteiger partial charge is 0.412 e. The maximum atomic E-state index is 12.9. The van der Waals surface area contributed by atoms with Crippen LogP contribution in [-0.2, 0) is 4.74 Å². The van der Waals surface area contributed by atoms with Crippen LogP contribution in [0.5, 0.6) is 0 Å². The summed E-state index contributed by atoms with van der Waals surface area (Å²) in [4.78, 5) is 44.8. The van der Waals surface area contributed by atoms with Gasteiger partial charge < -0.3 is 9.72 Å². The molecule has 2 aromatic heterocycles. The Hall–Kier alpha value is -3.80. The van der Waals surface area contributed by atoms with E-state index in [1.54, 1.807) is 16.7 Å². The van der Waals surface area contributed by atoms with Crippen LogP contribution in [0.3, 0.4) is 0 Å². The molecule has 1 amide bonds. The minimum atomic E-state index is -0.613. The molecule has 2 saturated carbocycles. The molecule has 0 saturated heterocycles. The van der Waals surface area contributed by atoms with Gasteiger partial charge in [-0.05, 0) is 50.7 Å². The highest BCUT2D eigenvalue weighted by atomic mass is 16.5. The van der Waals surface area contributed by atoms with Crippen LogP contribution in [0.4, 0.5) is 10.5 Å². The molecule has 31 heavy (non-hydrogen) atoms. The lowest BCUT2D eigenvalue weighted by atomic mass is 10.2. The van der Waals surface area contributed by atoms with Crippen molar-refractivity contribution in [1.82, 2.24) is 19.1 Å². The highest BCUT2D eigenvalue weighted by Gasteiger charge is 2.34. The fourth-order valence-corrected chi connectivity index (χ4v) is 3.49. The normalized spacial score (nSPS) is 15.4. The third-order valence-electron chi connectivity index (χ3n) is 5.36. The van der Waals surface area contributed by atoms with Crippen molar-refractivity contribution >= 4 is 22.9 Å². The van der Waals surface area contributed by atoms with Crippen LogP contribution in [0.25, 0.3) is 11.2 Å². The number of carbonyl (C=O) groups excluding carboxylic acids is 1. The molecule has 2 fully saturated rings. The number of aromatic amines is 1. The van der Waals surface area contributed by atoms with Gasteiger partial charge in [-0.1, -0.05) is 23.6 Å². The number of amides is 1. The summed E-state index contributed by atoms with van der Waals surface area (Å²) >= 11 is 0. The van der Waals surface area contributed by atoms with E-state index in [1.165, 1.54) is 4.57 Å². The van der Waals surface area contributed by atoms with Gasteiger partial charge in [0.2, 0.25) is 0 Å². The molecule has 2 aliphatic rings. The number of rotatable bonds is 4. The first-order valence-corrected chi connectivity index (χ1v) is 10.3. The number of aromatic nitrogens is 4. The van der Waals surface area contributed by atoms with Crippen molar-refractivity contribution in [3.63, 3.8) is 0 Å².